The van der Waals surface area contributed by atoms with Gasteiger partial charge in [0, 0.05) is 29.2 Å². The Balaban J connectivity index is 1.98. The van der Waals surface area contributed by atoms with Gasteiger partial charge in [0.1, 0.15) is 11.5 Å². The molecule has 0 saturated heterocycles. The first kappa shape index (κ1) is 13.6. The molecule has 21 heavy (non-hydrogen) atoms. The number of anilines is 1. The van der Waals surface area contributed by atoms with Crippen molar-refractivity contribution in [1.82, 2.24) is 9.55 Å². The first-order valence-electron chi connectivity index (χ1n) is 6.54. The van der Waals surface area contributed by atoms with Crippen LogP contribution in [-0.4, -0.2) is 15.5 Å². The lowest BCUT2D eigenvalue weighted by Gasteiger charge is -2.06. The Bertz CT molecular complexity index is 839. The molecular formula is C16H14ClN3O. The third-order valence-corrected chi connectivity index (χ3v) is 3.75. The van der Waals surface area contributed by atoms with Crippen LogP contribution in [0.4, 0.5) is 5.82 Å². The molecule has 0 saturated carbocycles. The number of hydrogen-bond acceptors (Lipinski definition) is 2. The lowest BCUT2D eigenvalue weighted by molar-refractivity contribution is 0.101. The molecule has 0 atom stereocenters. The molecule has 0 bridgehead atoms. The van der Waals surface area contributed by atoms with E-state index in [1.165, 1.54) is 0 Å². The number of pyridine rings is 1. The highest BCUT2D eigenvalue weighted by Gasteiger charge is 2.15. The van der Waals surface area contributed by atoms with Crippen molar-refractivity contribution in [1.29, 1.82) is 0 Å². The van der Waals surface area contributed by atoms with Gasteiger partial charge in [-0.25, -0.2) is 4.98 Å². The van der Waals surface area contributed by atoms with E-state index < -0.39 is 0 Å². The topological polar surface area (TPSA) is 46.9 Å². The van der Waals surface area contributed by atoms with Gasteiger partial charge in [-0.2, -0.15) is 0 Å². The van der Waals surface area contributed by atoms with Crippen molar-refractivity contribution in [2.45, 2.75) is 6.92 Å². The second-order valence-electron chi connectivity index (χ2n) is 4.93. The fourth-order valence-corrected chi connectivity index (χ4v) is 2.55. The maximum atomic E-state index is 12.4. The molecule has 1 aromatic carbocycles. The summed E-state index contributed by atoms with van der Waals surface area (Å²) in [6, 6.07) is 11.1. The molecule has 0 aliphatic heterocycles. The number of nitrogens with one attached hydrogen (secondary N) is 1. The Morgan fingerprint density at radius 3 is 2.81 bits per heavy atom. The Hall–Kier alpha value is -2.33. The predicted octanol–water partition coefficient (Wildman–Crippen LogP) is 3.79. The van der Waals surface area contributed by atoms with Crippen molar-refractivity contribution in [3.05, 3.63) is 58.9 Å². The molecule has 2 heterocycles. The van der Waals surface area contributed by atoms with Crippen molar-refractivity contribution in [3.63, 3.8) is 0 Å². The van der Waals surface area contributed by atoms with E-state index in [9.17, 15) is 4.79 Å². The van der Waals surface area contributed by atoms with Gasteiger partial charge in [0.25, 0.3) is 5.91 Å². The van der Waals surface area contributed by atoms with Crippen molar-refractivity contribution in [2.24, 2.45) is 7.05 Å². The van der Waals surface area contributed by atoms with E-state index in [-0.39, 0.29) is 5.91 Å². The fourth-order valence-electron chi connectivity index (χ4n) is 2.33. The van der Waals surface area contributed by atoms with Crippen LogP contribution in [0, 0.1) is 6.92 Å². The number of aryl methyl sites for hydroxylation is 2. The number of carbonyl (C=O) groups excluding carboxylic acids is 1. The second-order valence-corrected chi connectivity index (χ2v) is 5.34. The molecule has 0 unspecified atom stereocenters. The van der Waals surface area contributed by atoms with E-state index in [0.29, 0.717) is 16.5 Å². The van der Waals surface area contributed by atoms with Crippen LogP contribution in [0.3, 0.4) is 0 Å². The third kappa shape index (κ3) is 2.50. The number of halogens is 1. The van der Waals surface area contributed by atoms with Crippen LogP contribution in [0.15, 0.2) is 42.6 Å². The fraction of sp³-hybridized carbons (Fsp3) is 0.125. The van der Waals surface area contributed by atoms with Gasteiger partial charge in [-0.05, 0) is 42.8 Å². The van der Waals surface area contributed by atoms with Crippen molar-refractivity contribution in [3.8, 4) is 0 Å². The van der Waals surface area contributed by atoms with Crippen LogP contribution in [0.1, 0.15) is 16.1 Å². The quantitative estimate of drug-likeness (QED) is 0.782. The van der Waals surface area contributed by atoms with Gasteiger partial charge in [0.2, 0.25) is 0 Å². The van der Waals surface area contributed by atoms with Gasteiger partial charge in [0.15, 0.2) is 0 Å². The number of amides is 1. The largest absolute Gasteiger partial charge is 0.340 e. The number of nitrogens with zero attached hydrogens (tertiary/aromatic N) is 2. The average Bonchev–Trinajstić information content (AvgIpc) is 2.78. The molecule has 0 aliphatic rings. The minimum Gasteiger partial charge on any atom is -0.340 e. The summed E-state index contributed by atoms with van der Waals surface area (Å²) in [4.78, 5) is 16.6. The number of benzene rings is 1. The molecule has 0 spiro atoms. The zero-order valence-electron chi connectivity index (χ0n) is 11.7. The summed E-state index contributed by atoms with van der Waals surface area (Å²) in [7, 11) is 1.84. The van der Waals surface area contributed by atoms with E-state index in [1.807, 2.05) is 48.9 Å². The smallest absolute Gasteiger partial charge is 0.273 e. The zero-order valence-corrected chi connectivity index (χ0v) is 12.5. The molecule has 2 aromatic heterocycles. The summed E-state index contributed by atoms with van der Waals surface area (Å²) < 4.78 is 1.83. The van der Waals surface area contributed by atoms with E-state index in [4.69, 9.17) is 11.6 Å². The van der Waals surface area contributed by atoms with Gasteiger partial charge in [-0.3, -0.25) is 4.79 Å². The second kappa shape index (κ2) is 5.22. The average molecular weight is 300 g/mol. The summed E-state index contributed by atoms with van der Waals surface area (Å²) in [5.74, 6) is 0.333. The summed E-state index contributed by atoms with van der Waals surface area (Å²) in [5, 5.41) is 4.31. The Morgan fingerprint density at radius 1 is 1.29 bits per heavy atom. The first-order chi connectivity index (χ1) is 10.1. The molecule has 0 radical (unpaired) electrons. The minimum atomic E-state index is -0.206. The molecule has 3 rings (SSSR count). The Kier molecular flexibility index (Phi) is 3.39. The maximum absolute atomic E-state index is 12.4. The van der Waals surface area contributed by atoms with Gasteiger partial charge < -0.3 is 9.88 Å². The van der Waals surface area contributed by atoms with Crippen LogP contribution < -0.4 is 5.32 Å². The Morgan fingerprint density at radius 2 is 2.10 bits per heavy atom. The third-order valence-electron chi connectivity index (χ3n) is 3.42. The van der Waals surface area contributed by atoms with Crippen molar-refractivity contribution in [2.75, 3.05) is 5.32 Å². The molecular weight excluding hydrogens is 286 g/mol. The van der Waals surface area contributed by atoms with Crippen LogP contribution in [0.25, 0.3) is 10.9 Å². The summed E-state index contributed by atoms with van der Waals surface area (Å²) in [6.45, 7) is 1.95. The highest BCUT2D eigenvalue weighted by Crippen LogP contribution is 2.26. The number of aromatic nitrogens is 2. The van der Waals surface area contributed by atoms with E-state index in [1.54, 1.807) is 12.3 Å². The van der Waals surface area contributed by atoms with Gasteiger partial charge in [0.05, 0.1) is 0 Å². The normalized spacial score (nSPS) is 10.8. The van der Waals surface area contributed by atoms with Gasteiger partial charge in [-0.1, -0.05) is 17.7 Å². The standard InChI is InChI=1S/C16H14ClN3O/c1-10-6-7-18-15(8-10)19-16(21)14-9-11-12(17)4-3-5-13(11)20(14)2/h3-9H,1-2H3,(H,18,19,21). The summed E-state index contributed by atoms with van der Waals surface area (Å²) in [6.07, 6.45) is 1.67. The van der Waals surface area contributed by atoms with Crippen molar-refractivity contribution < 1.29 is 4.79 Å². The van der Waals surface area contributed by atoms with E-state index >= 15 is 0 Å². The summed E-state index contributed by atoms with van der Waals surface area (Å²) in [5.41, 5.74) is 2.51. The summed E-state index contributed by atoms with van der Waals surface area (Å²) >= 11 is 6.17. The van der Waals surface area contributed by atoms with Crippen molar-refractivity contribution >= 4 is 34.2 Å². The maximum Gasteiger partial charge on any atom is 0.273 e. The minimum absolute atomic E-state index is 0.206. The molecule has 0 fully saturated rings. The van der Waals surface area contributed by atoms with Crippen LogP contribution in [-0.2, 0) is 7.05 Å². The Labute approximate surface area is 127 Å². The predicted molar refractivity (Wildman–Crippen MR) is 84.9 cm³/mol. The number of fused-ring (bicyclic) bond motifs is 1. The monoisotopic (exact) mass is 299 g/mol. The molecule has 3 aromatic rings. The van der Waals surface area contributed by atoms with Gasteiger partial charge in [-0.15, -0.1) is 0 Å². The number of hydrogen-bond donors (Lipinski definition) is 1. The lowest BCUT2D eigenvalue weighted by Crippen LogP contribution is -2.16. The molecule has 0 aliphatic carbocycles. The van der Waals surface area contributed by atoms with Crippen LogP contribution in [0.5, 0.6) is 0 Å². The molecule has 4 nitrogen and oxygen atoms in total. The molecule has 5 heteroatoms. The molecule has 1 N–H and O–H groups in total. The number of carbonyl (C=O) groups is 1. The zero-order chi connectivity index (χ0) is 15.0. The first-order valence-corrected chi connectivity index (χ1v) is 6.92. The van der Waals surface area contributed by atoms with E-state index in [2.05, 4.69) is 10.3 Å². The van der Waals surface area contributed by atoms with E-state index in [0.717, 1.165) is 16.5 Å². The van der Waals surface area contributed by atoms with Crippen LogP contribution >= 0.6 is 11.6 Å². The number of rotatable bonds is 2. The van der Waals surface area contributed by atoms with Gasteiger partial charge >= 0.3 is 0 Å². The lowest BCUT2D eigenvalue weighted by atomic mass is 10.2. The molecule has 106 valence electrons. The highest BCUT2D eigenvalue weighted by atomic mass is 35.5. The van der Waals surface area contributed by atoms with Crippen LogP contribution in [0.2, 0.25) is 5.02 Å². The highest BCUT2D eigenvalue weighted by molar-refractivity contribution is 6.35. The SMILES string of the molecule is Cc1ccnc(NC(=O)c2cc3c(Cl)cccc3n2C)c1. The molecule has 1 amide bonds.